The Morgan fingerprint density at radius 3 is 1.66 bits per heavy atom. The van der Waals surface area contributed by atoms with Gasteiger partial charge in [-0.2, -0.15) is 0 Å². The average Bonchev–Trinajstić information content (AvgIpc) is 2.73. The summed E-state index contributed by atoms with van der Waals surface area (Å²) in [6.45, 7) is 6.41. The van der Waals surface area contributed by atoms with Crippen LogP contribution in [0.3, 0.4) is 0 Å². The minimum atomic E-state index is -3.10. The van der Waals surface area contributed by atoms with E-state index in [0.29, 0.717) is 39.6 Å². The lowest BCUT2D eigenvalue weighted by Crippen LogP contribution is -2.20. The zero-order valence-electron chi connectivity index (χ0n) is 17.2. The summed E-state index contributed by atoms with van der Waals surface area (Å²) >= 11 is 1.52. The summed E-state index contributed by atoms with van der Waals surface area (Å²) in [5, 5.41) is 0.0247. The molecule has 0 aliphatic heterocycles. The summed E-state index contributed by atoms with van der Waals surface area (Å²) in [5.74, 6) is 0. The molecule has 0 amide bonds. The van der Waals surface area contributed by atoms with Crippen molar-refractivity contribution in [3.63, 3.8) is 0 Å². The predicted octanol–water partition coefficient (Wildman–Crippen LogP) is 5.75. The van der Waals surface area contributed by atoms with E-state index in [1.54, 1.807) is 0 Å². The summed E-state index contributed by atoms with van der Waals surface area (Å²) in [4.78, 5) is 0. The van der Waals surface area contributed by atoms with Gasteiger partial charge in [-0.15, -0.1) is 11.8 Å². The molecule has 0 N–H and O–H groups in total. The van der Waals surface area contributed by atoms with Crippen LogP contribution in [-0.2, 0) is 36.3 Å². The van der Waals surface area contributed by atoms with Gasteiger partial charge in [-0.25, -0.2) is 0 Å². The Labute approximate surface area is 178 Å². The highest BCUT2D eigenvalue weighted by molar-refractivity contribution is 8.05. The highest BCUT2D eigenvalue weighted by atomic mass is 32.2. The lowest BCUT2D eigenvalue weighted by molar-refractivity contribution is 0.0744. The molecule has 0 aliphatic carbocycles. The van der Waals surface area contributed by atoms with Crippen molar-refractivity contribution in [1.82, 2.24) is 0 Å². The maximum atomic E-state index is 12.8. The fourth-order valence-corrected chi connectivity index (χ4v) is 6.03. The molecule has 0 aliphatic rings. The van der Waals surface area contributed by atoms with E-state index in [1.165, 1.54) is 11.8 Å². The summed E-state index contributed by atoms with van der Waals surface area (Å²) in [7, 11) is -3.10. The molecule has 160 valence electrons. The molecule has 0 aromatic heterocycles. The highest BCUT2D eigenvalue weighted by Gasteiger charge is 2.26. The third-order valence-corrected chi connectivity index (χ3v) is 7.86. The van der Waals surface area contributed by atoms with Gasteiger partial charge in [-0.1, -0.05) is 60.7 Å². The number of ether oxygens (including phenoxy) is 2. The molecule has 0 heterocycles. The number of rotatable bonds is 15. The molecule has 2 aromatic carbocycles. The highest BCUT2D eigenvalue weighted by Crippen LogP contribution is 2.51. The first kappa shape index (κ1) is 24.1. The van der Waals surface area contributed by atoms with E-state index in [1.807, 2.05) is 74.5 Å². The van der Waals surface area contributed by atoms with Crippen molar-refractivity contribution < 1.29 is 23.1 Å². The Morgan fingerprint density at radius 2 is 1.24 bits per heavy atom. The fourth-order valence-electron chi connectivity index (χ4n) is 2.61. The molecular formula is C22H31O5PS. The van der Waals surface area contributed by atoms with Crippen molar-refractivity contribution in [1.29, 1.82) is 0 Å². The molecule has 0 atom stereocenters. The third-order valence-electron chi connectivity index (χ3n) is 3.95. The van der Waals surface area contributed by atoms with Crippen LogP contribution in [0.5, 0.6) is 0 Å². The smallest absolute Gasteiger partial charge is 0.340 e. The molecule has 7 heteroatoms. The van der Waals surface area contributed by atoms with E-state index < -0.39 is 7.60 Å². The van der Waals surface area contributed by atoms with Gasteiger partial charge in [0.15, 0.2) is 0 Å². The van der Waals surface area contributed by atoms with Crippen LogP contribution in [0.4, 0.5) is 0 Å². The predicted molar refractivity (Wildman–Crippen MR) is 119 cm³/mol. The van der Waals surface area contributed by atoms with Crippen molar-refractivity contribution in [2.75, 3.05) is 31.9 Å². The van der Waals surface area contributed by atoms with Crippen LogP contribution >= 0.6 is 19.4 Å². The first-order valence-corrected chi connectivity index (χ1v) is 12.7. The normalized spacial score (nSPS) is 11.8. The van der Waals surface area contributed by atoms with Crippen molar-refractivity contribution in [3.8, 4) is 0 Å². The average molecular weight is 439 g/mol. The van der Waals surface area contributed by atoms with Gasteiger partial charge in [0, 0.05) is 0 Å². The van der Waals surface area contributed by atoms with Gasteiger partial charge in [0.2, 0.25) is 0 Å². The van der Waals surface area contributed by atoms with Gasteiger partial charge in [0.05, 0.1) is 50.4 Å². The standard InChI is InChI=1S/C22H31O5PS/c1-3-26-28(23,27-4-2)19-29-22(17-24-15-20-11-7-5-8-12-20)18-25-16-21-13-9-6-10-14-21/h5-14,22H,3-4,15-19H2,1-2H3. The fraction of sp³-hybridized carbons (Fsp3) is 0.455. The van der Waals surface area contributed by atoms with Crippen LogP contribution < -0.4 is 0 Å². The molecule has 2 rings (SSSR count). The van der Waals surface area contributed by atoms with E-state index >= 15 is 0 Å². The van der Waals surface area contributed by atoms with Crippen LogP contribution in [0.2, 0.25) is 0 Å². The maximum Gasteiger partial charge on any atom is 0.340 e. The second kappa shape index (κ2) is 14.0. The number of hydrogen-bond donors (Lipinski definition) is 0. The number of benzene rings is 2. The largest absolute Gasteiger partial charge is 0.376 e. The second-order valence-corrected chi connectivity index (χ2v) is 10.1. The van der Waals surface area contributed by atoms with Gasteiger partial charge in [-0.05, 0) is 25.0 Å². The first-order valence-electron chi connectivity index (χ1n) is 9.88. The second-order valence-electron chi connectivity index (χ2n) is 6.37. The van der Waals surface area contributed by atoms with Gasteiger partial charge >= 0.3 is 7.60 Å². The number of hydrogen-bond acceptors (Lipinski definition) is 6. The Hall–Kier alpha value is -1.14. The molecule has 5 nitrogen and oxygen atoms in total. The molecule has 0 unspecified atom stereocenters. The van der Waals surface area contributed by atoms with Crippen LogP contribution in [0.25, 0.3) is 0 Å². The quantitative estimate of drug-likeness (QED) is 0.330. The topological polar surface area (TPSA) is 54.0 Å². The Balaban J connectivity index is 1.87. The van der Waals surface area contributed by atoms with Crippen molar-refractivity contribution in [3.05, 3.63) is 71.8 Å². The van der Waals surface area contributed by atoms with E-state index in [0.717, 1.165) is 11.1 Å². The molecule has 0 radical (unpaired) electrons. The van der Waals surface area contributed by atoms with Crippen LogP contribution in [0, 0.1) is 0 Å². The monoisotopic (exact) mass is 438 g/mol. The lowest BCUT2D eigenvalue weighted by atomic mass is 10.2. The zero-order chi connectivity index (χ0) is 20.8. The van der Waals surface area contributed by atoms with Crippen LogP contribution in [0.1, 0.15) is 25.0 Å². The maximum absolute atomic E-state index is 12.8. The van der Waals surface area contributed by atoms with Crippen LogP contribution in [0.15, 0.2) is 60.7 Å². The molecular weight excluding hydrogens is 407 g/mol. The van der Waals surface area contributed by atoms with Gasteiger partial charge in [0.25, 0.3) is 0 Å². The van der Waals surface area contributed by atoms with Crippen molar-refractivity contribution in [2.45, 2.75) is 32.3 Å². The Bertz CT molecular complexity index is 658. The molecule has 0 saturated carbocycles. The summed E-state index contributed by atoms with van der Waals surface area (Å²) in [5.41, 5.74) is 2.52. The molecule has 0 bridgehead atoms. The molecule has 0 spiro atoms. The molecule has 0 fully saturated rings. The van der Waals surface area contributed by atoms with E-state index in [-0.39, 0.29) is 10.7 Å². The van der Waals surface area contributed by atoms with Gasteiger partial charge < -0.3 is 18.5 Å². The van der Waals surface area contributed by atoms with Crippen molar-refractivity contribution >= 4 is 19.4 Å². The van der Waals surface area contributed by atoms with Crippen LogP contribution in [-0.4, -0.2) is 37.2 Å². The Kier molecular flexibility index (Phi) is 11.6. The van der Waals surface area contributed by atoms with Crippen molar-refractivity contribution in [2.24, 2.45) is 0 Å². The first-order chi connectivity index (χ1) is 14.1. The minimum Gasteiger partial charge on any atom is -0.376 e. The van der Waals surface area contributed by atoms with E-state index in [2.05, 4.69) is 0 Å². The molecule has 29 heavy (non-hydrogen) atoms. The van der Waals surface area contributed by atoms with E-state index in [4.69, 9.17) is 18.5 Å². The summed E-state index contributed by atoms with van der Waals surface area (Å²) < 4.78 is 35.4. The lowest BCUT2D eigenvalue weighted by Gasteiger charge is -2.21. The molecule has 2 aromatic rings. The van der Waals surface area contributed by atoms with Gasteiger partial charge in [0.1, 0.15) is 0 Å². The summed E-state index contributed by atoms with van der Waals surface area (Å²) in [6.07, 6.45) is 0. The van der Waals surface area contributed by atoms with E-state index in [9.17, 15) is 4.57 Å². The zero-order valence-corrected chi connectivity index (χ0v) is 18.9. The third kappa shape index (κ3) is 9.94. The summed E-state index contributed by atoms with van der Waals surface area (Å²) in [6, 6.07) is 20.1. The minimum absolute atomic E-state index is 0.0247. The molecule has 0 saturated heterocycles. The number of thioether (sulfide) groups is 1. The van der Waals surface area contributed by atoms with Gasteiger partial charge in [-0.3, -0.25) is 4.57 Å². The Morgan fingerprint density at radius 1 is 0.793 bits per heavy atom. The SMILES string of the molecule is CCOP(=O)(CSC(COCc1ccccc1)COCc1ccccc1)OCC.